The first-order chi connectivity index (χ1) is 17.7. The molecule has 12 heteroatoms. The summed E-state index contributed by atoms with van der Waals surface area (Å²) < 4.78 is 15.6. The Labute approximate surface area is 219 Å². The number of hydrogen-bond donors (Lipinski definition) is 3. The van der Waals surface area contributed by atoms with Crippen molar-refractivity contribution in [2.45, 2.75) is 44.0 Å². The Morgan fingerprint density at radius 3 is 2.08 bits per heavy atom. The quantitative estimate of drug-likeness (QED) is 0.297. The zero-order chi connectivity index (χ0) is 27.0. The molecule has 0 bridgehead atoms. The Morgan fingerprint density at radius 1 is 1.00 bits per heavy atom. The zero-order valence-electron chi connectivity index (χ0n) is 21.2. The summed E-state index contributed by atoms with van der Waals surface area (Å²) in [5.74, 6) is -1.98. The number of rotatable bonds is 14. The van der Waals surface area contributed by atoms with Crippen LogP contribution in [-0.4, -0.2) is 86.3 Å². The Hall–Kier alpha value is -3.19. The van der Waals surface area contributed by atoms with Crippen LogP contribution in [0.4, 0.5) is 0 Å². The first kappa shape index (κ1) is 28.4. The van der Waals surface area contributed by atoms with Crippen molar-refractivity contribution in [3.8, 4) is 0 Å². The molecule has 2 aromatic rings. The fourth-order valence-electron chi connectivity index (χ4n) is 3.62. The van der Waals surface area contributed by atoms with Gasteiger partial charge in [0.25, 0.3) is 5.91 Å². The molecule has 3 N–H and O–H groups in total. The summed E-state index contributed by atoms with van der Waals surface area (Å²) in [7, 11) is 2.78. The molecular formula is C25H32N4O7S. The van der Waals surface area contributed by atoms with Crippen molar-refractivity contribution < 1.29 is 33.4 Å². The summed E-state index contributed by atoms with van der Waals surface area (Å²) in [6.07, 6.45) is 1.68. The number of aryl methyl sites for hydroxylation is 1. The summed E-state index contributed by atoms with van der Waals surface area (Å²) in [6.45, 7) is 3.44. The highest BCUT2D eigenvalue weighted by Crippen LogP contribution is 2.29. The van der Waals surface area contributed by atoms with E-state index in [1.165, 1.54) is 31.8 Å². The van der Waals surface area contributed by atoms with E-state index in [0.29, 0.717) is 9.88 Å². The largest absolute Gasteiger partial charge is 0.382 e. The average Bonchev–Trinajstić information content (AvgIpc) is 3.48. The lowest BCUT2D eigenvalue weighted by Crippen LogP contribution is -2.59. The number of aromatic nitrogens is 1. The third kappa shape index (κ3) is 7.89. The third-order valence-electron chi connectivity index (χ3n) is 5.78. The number of epoxide rings is 1. The normalized spacial score (nSPS) is 18.8. The minimum atomic E-state index is -1.13. The monoisotopic (exact) mass is 532 g/mol. The molecule has 1 aliphatic heterocycles. The van der Waals surface area contributed by atoms with E-state index in [1.807, 2.05) is 30.3 Å². The molecule has 200 valence electrons. The highest BCUT2D eigenvalue weighted by Gasteiger charge is 2.50. The molecule has 3 rings (SSSR count). The van der Waals surface area contributed by atoms with Crippen molar-refractivity contribution in [1.82, 2.24) is 20.9 Å². The molecular weight excluding hydrogens is 500 g/mol. The molecule has 1 fully saturated rings. The number of benzene rings is 1. The Kier molecular flexibility index (Phi) is 9.86. The van der Waals surface area contributed by atoms with Crippen LogP contribution in [-0.2, 0) is 35.0 Å². The number of nitrogens with zero attached hydrogens (tertiary/aromatic N) is 1. The summed E-state index contributed by atoms with van der Waals surface area (Å²) in [5, 5.41) is 8.67. The number of nitrogens with one attached hydrogen (secondary N) is 3. The molecule has 0 radical (unpaired) electrons. The molecule has 2 heterocycles. The van der Waals surface area contributed by atoms with Gasteiger partial charge in [0.1, 0.15) is 22.6 Å². The van der Waals surface area contributed by atoms with Gasteiger partial charge in [-0.2, -0.15) is 0 Å². The molecule has 1 aromatic carbocycles. The molecule has 11 nitrogen and oxygen atoms in total. The summed E-state index contributed by atoms with van der Waals surface area (Å²) in [5.41, 5.74) is -0.0887. The van der Waals surface area contributed by atoms with Crippen LogP contribution in [0.3, 0.4) is 0 Å². The molecule has 0 aliphatic carbocycles. The van der Waals surface area contributed by atoms with Gasteiger partial charge in [-0.25, -0.2) is 4.98 Å². The number of Topliss-reactive ketones (excluding diaryl/α,β-unsaturated/α-hetero) is 1. The number of hydrogen-bond acceptors (Lipinski definition) is 9. The van der Waals surface area contributed by atoms with Crippen LogP contribution in [0.25, 0.3) is 0 Å². The number of methoxy groups -OCH3 is 2. The molecule has 3 amide bonds. The lowest BCUT2D eigenvalue weighted by Gasteiger charge is -2.25. The number of carbonyl (C=O) groups is 4. The van der Waals surface area contributed by atoms with E-state index in [2.05, 4.69) is 20.9 Å². The molecule has 1 aliphatic rings. The van der Waals surface area contributed by atoms with E-state index in [4.69, 9.17) is 14.2 Å². The van der Waals surface area contributed by atoms with Crippen LogP contribution in [0.1, 0.15) is 27.2 Å². The van der Waals surface area contributed by atoms with Gasteiger partial charge in [0.2, 0.25) is 11.8 Å². The highest BCUT2D eigenvalue weighted by atomic mass is 32.1. The standard InChI is InChI=1S/C25H32N4O7S/c1-15-26-11-20(37-15)24(33)29-19(13-35-4)23(32)28-18(12-34-3)22(31)27-17(21(30)25(2)14-36-25)10-16-8-6-5-7-9-16/h5-9,11,17-19H,10,12-14H2,1-4H3,(H,27,31)(H,28,32)(H,29,33)/t17?,18-,19?,25+/m0/s1. The van der Waals surface area contributed by atoms with Gasteiger partial charge < -0.3 is 30.2 Å². The van der Waals surface area contributed by atoms with Gasteiger partial charge in [-0.1, -0.05) is 30.3 Å². The fourth-order valence-corrected chi connectivity index (χ4v) is 4.30. The van der Waals surface area contributed by atoms with Gasteiger partial charge in [0.05, 0.1) is 37.1 Å². The first-order valence-corrected chi connectivity index (χ1v) is 12.5. The first-order valence-electron chi connectivity index (χ1n) is 11.7. The van der Waals surface area contributed by atoms with Crippen LogP contribution in [0.5, 0.6) is 0 Å². The molecule has 1 saturated heterocycles. The van der Waals surface area contributed by atoms with Gasteiger partial charge in [0.15, 0.2) is 5.78 Å². The van der Waals surface area contributed by atoms with Crippen LogP contribution in [0.15, 0.2) is 36.5 Å². The minimum absolute atomic E-state index is 0.124. The van der Waals surface area contributed by atoms with Gasteiger partial charge >= 0.3 is 0 Å². The van der Waals surface area contributed by atoms with E-state index >= 15 is 0 Å². The van der Waals surface area contributed by atoms with E-state index in [-0.39, 0.29) is 32.0 Å². The van der Waals surface area contributed by atoms with Gasteiger partial charge in [-0.15, -0.1) is 11.3 Å². The topological polar surface area (TPSA) is 148 Å². The van der Waals surface area contributed by atoms with Crippen LogP contribution >= 0.6 is 11.3 Å². The van der Waals surface area contributed by atoms with Gasteiger partial charge in [-0.3, -0.25) is 19.2 Å². The molecule has 2 unspecified atom stereocenters. The summed E-state index contributed by atoms with van der Waals surface area (Å²) in [4.78, 5) is 56.3. The number of thiazole rings is 1. The molecule has 37 heavy (non-hydrogen) atoms. The zero-order valence-corrected chi connectivity index (χ0v) is 22.1. The van der Waals surface area contributed by atoms with Gasteiger partial charge in [-0.05, 0) is 25.8 Å². The predicted molar refractivity (Wildman–Crippen MR) is 135 cm³/mol. The van der Waals surface area contributed by atoms with Crippen molar-refractivity contribution in [3.63, 3.8) is 0 Å². The number of ketones is 1. The Balaban J connectivity index is 1.70. The maximum absolute atomic E-state index is 13.2. The Bertz CT molecular complexity index is 1100. The lowest BCUT2D eigenvalue weighted by atomic mass is 9.94. The van der Waals surface area contributed by atoms with E-state index in [9.17, 15) is 19.2 Å². The summed E-state index contributed by atoms with van der Waals surface area (Å²) in [6, 6.07) is 6.20. The second-order valence-corrected chi connectivity index (χ2v) is 10.1. The average molecular weight is 533 g/mol. The maximum Gasteiger partial charge on any atom is 0.263 e. The van der Waals surface area contributed by atoms with Crippen molar-refractivity contribution in [2.24, 2.45) is 0 Å². The van der Waals surface area contributed by atoms with Crippen LogP contribution in [0.2, 0.25) is 0 Å². The van der Waals surface area contributed by atoms with E-state index in [1.54, 1.807) is 13.8 Å². The highest BCUT2D eigenvalue weighted by molar-refractivity contribution is 7.13. The summed E-state index contributed by atoms with van der Waals surface area (Å²) >= 11 is 1.19. The van der Waals surface area contributed by atoms with Crippen molar-refractivity contribution >= 4 is 34.8 Å². The number of carbonyl (C=O) groups excluding carboxylic acids is 4. The SMILES string of the molecule is COCC(NC(=O)c1cnc(C)s1)C(=O)N[C@@H](COC)C(=O)NC(Cc1ccccc1)C(=O)[C@@]1(C)CO1. The van der Waals surface area contributed by atoms with Crippen LogP contribution in [0, 0.1) is 6.92 Å². The molecule has 4 atom stereocenters. The molecule has 1 aromatic heterocycles. The van der Waals surface area contributed by atoms with Crippen LogP contribution < -0.4 is 16.0 Å². The van der Waals surface area contributed by atoms with Crippen molar-refractivity contribution in [1.29, 1.82) is 0 Å². The maximum atomic E-state index is 13.2. The Morgan fingerprint density at radius 2 is 1.57 bits per heavy atom. The second-order valence-electron chi connectivity index (χ2n) is 8.88. The van der Waals surface area contributed by atoms with Crippen molar-refractivity contribution in [2.75, 3.05) is 34.0 Å². The third-order valence-corrected chi connectivity index (χ3v) is 6.69. The lowest BCUT2D eigenvalue weighted by molar-refractivity contribution is -0.134. The minimum Gasteiger partial charge on any atom is -0.382 e. The second kappa shape index (κ2) is 12.9. The van der Waals surface area contributed by atoms with Gasteiger partial charge in [0, 0.05) is 14.2 Å². The predicted octanol–water partition coefficient (Wildman–Crippen LogP) is 0.413. The number of amides is 3. The smallest absolute Gasteiger partial charge is 0.263 e. The molecule has 0 saturated carbocycles. The molecule has 0 spiro atoms. The number of ether oxygens (including phenoxy) is 3. The van der Waals surface area contributed by atoms with E-state index < -0.39 is 41.4 Å². The van der Waals surface area contributed by atoms with Crippen molar-refractivity contribution in [3.05, 3.63) is 52.0 Å². The fraction of sp³-hybridized carbons (Fsp3) is 0.480. The van der Waals surface area contributed by atoms with E-state index in [0.717, 1.165) is 5.56 Å².